The van der Waals surface area contributed by atoms with E-state index in [9.17, 15) is 4.79 Å². The van der Waals surface area contributed by atoms with E-state index >= 15 is 0 Å². The maximum atomic E-state index is 13.3. The fourth-order valence-corrected chi connectivity index (χ4v) is 4.89. The summed E-state index contributed by atoms with van der Waals surface area (Å²) in [6.45, 7) is 5.39. The molecule has 1 spiro atoms. The fraction of sp³-hybridized carbons (Fsp3) is 0.684. The number of carbonyl (C=O) groups is 1. The van der Waals surface area contributed by atoms with Gasteiger partial charge < -0.3 is 14.3 Å². The molecule has 1 unspecified atom stereocenters. The van der Waals surface area contributed by atoms with Crippen molar-refractivity contribution in [1.82, 2.24) is 20.0 Å². The van der Waals surface area contributed by atoms with Gasteiger partial charge in [-0.3, -0.25) is 4.79 Å². The lowest BCUT2D eigenvalue weighted by atomic mass is 9.77. The van der Waals surface area contributed by atoms with Crippen LogP contribution in [0.3, 0.4) is 0 Å². The third-order valence-corrected chi connectivity index (χ3v) is 6.60. The number of hydrogen-bond acceptors (Lipinski definition) is 6. The second kappa shape index (κ2) is 5.93. The lowest BCUT2D eigenvalue weighted by molar-refractivity contribution is -0.146. The molecule has 138 valence electrons. The van der Waals surface area contributed by atoms with E-state index in [4.69, 9.17) is 4.52 Å². The van der Waals surface area contributed by atoms with Crippen LogP contribution in [0.4, 0.5) is 5.82 Å². The van der Waals surface area contributed by atoms with Crippen molar-refractivity contribution in [2.24, 2.45) is 11.3 Å². The van der Waals surface area contributed by atoms with Crippen molar-refractivity contribution in [1.29, 1.82) is 0 Å². The third kappa shape index (κ3) is 2.40. The topological polar surface area (TPSA) is 75.4 Å². The molecular formula is C19H25N5O2. The van der Waals surface area contributed by atoms with E-state index in [2.05, 4.69) is 24.9 Å². The highest BCUT2D eigenvalue weighted by Gasteiger charge is 2.49. The third-order valence-electron chi connectivity index (χ3n) is 6.60. The molecule has 2 aliphatic heterocycles. The number of carbonyl (C=O) groups excluding carboxylic acids is 1. The van der Waals surface area contributed by atoms with Crippen molar-refractivity contribution in [3.63, 3.8) is 0 Å². The summed E-state index contributed by atoms with van der Waals surface area (Å²) in [7, 11) is 0. The molecule has 2 saturated heterocycles. The summed E-state index contributed by atoms with van der Waals surface area (Å²) < 4.78 is 5.28. The predicted octanol–water partition coefficient (Wildman–Crippen LogP) is 2.55. The molecule has 1 amide bonds. The summed E-state index contributed by atoms with van der Waals surface area (Å²) in [5, 5.41) is 4.90. The standard InChI is InChI=1S/C19H25N5O2/c1-13-15-16(20-12-21-17(15)26-22-13)24-9-7-19(11-24)6-3-8-23(18(19)25)10-14-4-2-5-14/h12,14H,2-11H2,1H3. The van der Waals surface area contributed by atoms with Crippen LogP contribution in [0.15, 0.2) is 10.9 Å². The van der Waals surface area contributed by atoms with Gasteiger partial charge in [0, 0.05) is 26.2 Å². The average Bonchev–Trinajstić information content (AvgIpc) is 3.20. The van der Waals surface area contributed by atoms with Crippen molar-refractivity contribution in [3.8, 4) is 0 Å². The number of piperidine rings is 1. The van der Waals surface area contributed by atoms with E-state index in [1.807, 2.05) is 6.92 Å². The molecule has 0 radical (unpaired) electrons. The van der Waals surface area contributed by atoms with Gasteiger partial charge in [-0.15, -0.1) is 0 Å². The lowest BCUT2D eigenvalue weighted by Crippen LogP contribution is -2.51. The number of aromatic nitrogens is 3. The SMILES string of the molecule is Cc1noc2ncnc(N3CCC4(CCCN(CC5CCC5)C4=O)C3)c12. The van der Waals surface area contributed by atoms with E-state index < -0.39 is 0 Å². The normalized spacial score (nSPS) is 26.9. The first-order chi connectivity index (χ1) is 12.7. The Morgan fingerprint density at radius 3 is 2.92 bits per heavy atom. The van der Waals surface area contributed by atoms with Crippen LogP contribution in [0.1, 0.15) is 44.2 Å². The predicted molar refractivity (Wildman–Crippen MR) is 96.8 cm³/mol. The van der Waals surface area contributed by atoms with Crippen LogP contribution in [0.5, 0.6) is 0 Å². The number of amides is 1. The average molecular weight is 355 g/mol. The molecule has 7 nitrogen and oxygen atoms in total. The zero-order valence-electron chi connectivity index (χ0n) is 15.3. The highest BCUT2D eigenvalue weighted by Crippen LogP contribution is 2.43. The molecule has 5 rings (SSSR count). The van der Waals surface area contributed by atoms with Crippen LogP contribution in [0.25, 0.3) is 11.1 Å². The van der Waals surface area contributed by atoms with Gasteiger partial charge >= 0.3 is 0 Å². The summed E-state index contributed by atoms with van der Waals surface area (Å²) in [5.41, 5.74) is 1.08. The van der Waals surface area contributed by atoms with Crippen LogP contribution in [0, 0.1) is 18.3 Å². The quantitative estimate of drug-likeness (QED) is 0.842. The van der Waals surface area contributed by atoms with Gasteiger partial charge in [0.05, 0.1) is 11.1 Å². The molecule has 2 aromatic rings. The highest BCUT2D eigenvalue weighted by molar-refractivity contribution is 5.90. The van der Waals surface area contributed by atoms with Gasteiger partial charge in [0.15, 0.2) is 0 Å². The van der Waals surface area contributed by atoms with Crippen LogP contribution < -0.4 is 4.90 Å². The van der Waals surface area contributed by atoms with E-state index in [0.29, 0.717) is 11.6 Å². The summed E-state index contributed by atoms with van der Waals surface area (Å²) in [4.78, 5) is 26.4. The van der Waals surface area contributed by atoms with Gasteiger partial charge in [-0.05, 0) is 44.9 Å². The summed E-state index contributed by atoms with van der Waals surface area (Å²) in [5.74, 6) is 1.95. The molecule has 7 heteroatoms. The second-order valence-corrected chi connectivity index (χ2v) is 8.25. The zero-order chi connectivity index (χ0) is 17.7. The molecule has 0 aromatic carbocycles. The molecule has 1 atom stereocenters. The minimum atomic E-state index is -0.246. The van der Waals surface area contributed by atoms with E-state index in [1.54, 1.807) is 0 Å². The molecule has 3 aliphatic rings. The first-order valence-electron chi connectivity index (χ1n) is 9.78. The molecule has 3 fully saturated rings. The fourth-order valence-electron chi connectivity index (χ4n) is 4.89. The number of rotatable bonds is 3. The molecule has 1 saturated carbocycles. The summed E-state index contributed by atoms with van der Waals surface area (Å²) in [6, 6.07) is 0. The van der Waals surface area contributed by atoms with Gasteiger partial charge in [-0.2, -0.15) is 4.98 Å². The Morgan fingerprint density at radius 1 is 1.23 bits per heavy atom. The summed E-state index contributed by atoms with van der Waals surface area (Å²) in [6.07, 6.45) is 8.43. The van der Waals surface area contributed by atoms with E-state index in [0.717, 1.165) is 68.3 Å². The van der Waals surface area contributed by atoms with Gasteiger partial charge in [0.2, 0.25) is 5.91 Å². The second-order valence-electron chi connectivity index (χ2n) is 8.25. The molecule has 2 aromatic heterocycles. The Kier molecular flexibility index (Phi) is 3.65. The minimum absolute atomic E-state index is 0.246. The van der Waals surface area contributed by atoms with Crippen LogP contribution in [-0.4, -0.2) is 52.1 Å². The number of aryl methyl sites for hydroxylation is 1. The molecule has 0 bridgehead atoms. The maximum absolute atomic E-state index is 13.3. The summed E-state index contributed by atoms with van der Waals surface area (Å²) >= 11 is 0. The maximum Gasteiger partial charge on any atom is 0.263 e. The monoisotopic (exact) mass is 355 g/mol. The van der Waals surface area contributed by atoms with Crippen molar-refractivity contribution in [2.75, 3.05) is 31.1 Å². The van der Waals surface area contributed by atoms with E-state index in [-0.39, 0.29) is 5.41 Å². The van der Waals surface area contributed by atoms with Crippen LogP contribution in [0.2, 0.25) is 0 Å². The Labute approximate surface area is 152 Å². The number of fused-ring (bicyclic) bond motifs is 1. The number of anilines is 1. The minimum Gasteiger partial charge on any atom is -0.355 e. The molecule has 4 heterocycles. The Bertz CT molecular complexity index is 846. The van der Waals surface area contributed by atoms with Gasteiger partial charge in [0.25, 0.3) is 5.71 Å². The Hall–Kier alpha value is -2.18. The van der Waals surface area contributed by atoms with Gasteiger partial charge in [-0.1, -0.05) is 11.6 Å². The Balaban J connectivity index is 1.40. The smallest absolute Gasteiger partial charge is 0.263 e. The highest BCUT2D eigenvalue weighted by atomic mass is 16.5. The number of likely N-dealkylation sites (tertiary alicyclic amines) is 1. The lowest BCUT2D eigenvalue weighted by Gasteiger charge is -2.42. The zero-order valence-corrected chi connectivity index (χ0v) is 15.3. The Morgan fingerprint density at radius 2 is 2.12 bits per heavy atom. The molecule has 26 heavy (non-hydrogen) atoms. The molecular weight excluding hydrogens is 330 g/mol. The number of nitrogens with zero attached hydrogens (tertiary/aromatic N) is 5. The number of hydrogen-bond donors (Lipinski definition) is 0. The van der Waals surface area contributed by atoms with E-state index in [1.165, 1.54) is 25.6 Å². The van der Waals surface area contributed by atoms with Gasteiger partial charge in [-0.25, -0.2) is 4.98 Å². The molecule has 1 aliphatic carbocycles. The van der Waals surface area contributed by atoms with Crippen LogP contribution >= 0.6 is 0 Å². The first-order valence-corrected chi connectivity index (χ1v) is 9.78. The van der Waals surface area contributed by atoms with Crippen molar-refractivity contribution < 1.29 is 9.32 Å². The van der Waals surface area contributed by atoms with Crippen molar-refractivity contribution >= 4 is 22.8 Å². The van der Waals surface area contributed by atoms with Crippen molar-refractivity contribution in [3.05, 3.63) is 12.0 Å². The largest absolute Gasteiger partial charge is 0.355 e. The first kappa shape index (κ1) is 16.0. The van der Waals surface area contributed by atoms with Crippen molar-refractivity contribution in [2.45, 2.75) is 45.4 Å². The molecule has 0 N–H and O–H groups in total. The van der Waals surface area contributed by atoms with Gasteiger partial charge in [0.1, 0.15) is 17.5 Å². The van der Waals surface area contributed by atoms with Crippen LogP contribution in [-0.2, 0) is 4.79 Å².